The molecular formula is C25H63NO6Si6. The van der Waals surface area contributed by atoms with Crippen LogP contribution in [-0.2, 0) is 26.7 Å². The maximum atomic E-state index is 7.00. The van der Waals surface area contributed by atoms with E-state index in [0.29, 0.717) is 13.2 Å². The van der Waals surface area contributed by atoms with Crippen molar-refractivity contribution in [1.82, 2.24) is 0 Å². The zero-order chi connectivity index (χ0) is 30.4. The molecule has 13 heteroatoms. The molecule has 3 atom stereocenters. The van der Waals surface area contributed by atoms with E-state index in [4.69, 9.17) is 31.8 Å². The third kappa shape index (κ3) is 21.3. The quantitative estimate of drug-likeness (QED) is 0.0860. The lowest BCUT2D eigenvalue weighted by Crippen LogP contribution is -2.57. The molecular weight excluding hydrogens is 579 g/mol. The predicted octanol–water partition coefficient (Wildman–Crippen LogP) is 7.95. The van der Waals surface area contributed by atoms with Crippen LogP contribution < -0.4 is 0 Å². The molecule has 0 aromatic heterocycles. The van der Waals surface area contributed by atoms with Crippen LogP contribution in [0.15, 0.2) is 5.16 Å². The molecule has 0 aliphatic carbocycles. The van der Waals surface area contributed by atoms with Gasteiger partial charge in [0.15, 0.2) is 41.6 Å². The smallest absolute Gasteiger partial charge is 0.278 e. The molecule has 0 N–H and O–H groups in total. The Bertz CT molecular complexity index is 728. The van der Waals surface area contributed by atoms with Gasteiger partial charge < -0.3 is 26.7 Å². The maximum Gasteiger partial charge on any atom is 0.278 e. The highest BCUT2D eigenvalue weighted by Gasteiger charge is 2.42. The summed E-state index contributed by atoms with van der Waals surface area (Å²) in [6.45, 7) is 40.7. The molecule has 0 aliphatic rings. The molecule has 0 rings (SSSR count). The van der Waals surface area contributed by atoms with Crippen LogP contribution >= 0.6 is 0 Å². The normalized spacial score (nSPS) is 17.4. The molecule has 228 valence electrons. The van der Waals surface area contributed by atoms with Gasteiger partial charge in [0.1, 0.15) is 17.9 Å². The minimum atomic E-state index is -2.04. The molecule has 0 saturated heterocycles. The molecule has 7 nitrogen and oxygen atoms in total. The standard InChI is InChI=1S/C25H63NO6Si6/c1-33(2,3)27-20-19-23(29-35(7,8)9)25(31-37(13,14)15)24(30-36(10,11)12)22(21-28-34(4,5)6)26-32-38(16,17)18/h23-25H,19-21H2,1-18H3. The lowest BCUT2D eigenvalue weighted by atomic mass is 10.0. The predicted molar refractivity (Wildman–Crippen MR) is 180 cm³/mol. The summed E-state index contributed by atoms with van der Waals surface area (Å²) in [5, 5.41) is 4.77. The highest BCUT2D eigenvalue weighted by atomic mass is 28.4. The fraction of sp³-hybridized carbons (Fsp3) is 0.960. The Labute approximate surface area is 242 Å². The van der Waals surface area contributed by atoms with Crippen molar-refractivity contribution in [3.8, 4) is 0 Å². The van der Waals surface area contributed by atoms with E-state index in [-0.39, 0.29) is 12.2 Å². The van der Waals surface area contributed by atoms with Crippen LogP contribution in [0.4, 0.5) is 0 Å². The fourth-order valence-electron chi connectivity index (χ4n) is 3.32. The van der Waals surface area contributed by atoms with E-state index >= 15 is 0 Å². The van der Waals surface area contributed by atoms with Gasteiger partial charge in [-0.1, -0.05) is 0 Å². The Morgan fingerprint density at radius 1 is 0.526 bits per heavy atom. The first-order valence-electron chi connectivity index (χ1n) is 14.1. The summed E-state index contributed by atoms with van der Waals surface area (Å²) in [6.07, 6.45) is -0.198. The van der Waals surface area contributed by atoms with Gasteiger partial charge in [-0.05, 0) is 124 Å². The zero-order valence-electron chi connectivity index (χ0n) is 28.3. The summed E-state index contributed by atoms with van der Waals surface area (Å²) < 4.78 is 39.7. The monoisotopic (exact) mass is 641 g/mol. The van der Waals surface area contributed by atoms with E-state index in [1.807, 2.05) is 0 Å². The van der Waals surface area contributed by atoms with Gasteiger partial charge in [-0.3, -0.25) is 0 Å². The first kappa shape index (κ1) is 38.6. The summed E-state index contributed by atoms with van der Waals surface area (Å²) in [7, 11) is -11.4. The molecule has 3 unspecified atom stereocenters. The summed E-state index contributed by atoms with van der Waals surface area (Å²) in [5.74, 6) is 0. The van der Waals surface area contributed by atoms with Crippen LogP contribution in [0.2, 0.25) is 118 Å². The lowest BCUT2D eigenvalue weighted by molar-refractivity contribution is -0.0188. The topological polar surface area (TPSA) is 67.7 Å². The Kier molecular flexibility index (Phi) is 14.9. The molecule has 0 bridgehead atoms. The fourth-order valence-corrected chi connectivity index (χ4v) is 8.30. The second-order valence-electron chi connectivity index (χ2n) is 16.1. The second kappa shape index (κ2) is 14.6. The average Bonchev–Trinajstić information content (AvgIpc) is 2.58. The molecule has 0 spiro atoms. The number of nitrogens with zero attached hydrogens (tertiary/aromatic N) is 1. The summed E-state index contributed by atoms with van der Waals surface area (Å²) in [6, 6.07) is 0. The second-order valence-corrected chi connectivity index (χ2v) is 42.9. The third-order valence-corrected chi connectivity index (χ3v) is 10.2. The summed E-state index contributed by atoms with van der Waals surface area (Å²) in [5.41, 5.74) is 0.774. The van der Waals surface area contributed by atoms with Gasteiger partial charge in [0.25, 0.3) is 8.32 Å². The molecule has 0 fully saturated rings. The molecule has 0 aromatic carbocycles. The van der Waals surface area contributed by atoms with E-state index in [0.717, 1.165) is 12.1 Å². The SMILES string of the molecule is C[Si](C)(C)OCCC(O[Si](C)(C)C)C(O[Si](C)(C)C)C(O[Si](C)(C)C)C(CO[Si](C)(C)C)=NO[Si](C)(C)C. The first-order chi connectivity index (χ1) is 16.6. The Morgan fingerprint density at radius 3 is 1.34 bits per heavy atom. The van der Waals surface area contributed by atoms with Crippen molar-refractivity contribution in [1.29, 1.82) is 0 Å². The van der Waals surface area contributed by atoms with Crippen molar-refractivity contribution >= 4 is 55.6 Å². The highest BCUT2D eigenvalue weighted by molar-refractivity contribution is 6.71. The van der Waals surface area contributed by atoms with Crippen molar-refractivity contribution in [3.05, 3.63) is 0 Å². The van der Waals surface area contributed by atoms with E-state index in [2.05, 4.69) is 118 Å². The van der Waals surface area contributed by atoms with E-state index in [9.17, 15) is 0 Å². The largest absolute Gasteiger partial charge is 0.456 e. The van der Waals surface area contributed by atoms with Crippen molar-refractivity contribution < 1.29 is 26.7 Å². The first-order valence-corrected chi connectivity index (χ1v) is 34.6. The minimum Gasteiger partial charge on any atom is -0.456 e. The Hall–Kier alpha value is 0.571. The minimum absolute atomic E-state index is 0.185. The van der Waals surface area contributed by atoms with E-state index < -0.39 is 56.0 Å². The maximum absolute atomic E-state index is 7.00. The molecule has 0 amide bonds. The third-order valence-electron chi connectivity index (χ3n) is 4.50. The Morgan fingerprint density at radius 2 is 0.974 bits per heavy atom. The summed E-state index contributed by atoms with van der Waals surface area (Å²) >= 11 is 0. The number of hydrogen-bond donors (Lipinski definition) is 0. The van der Waals surface area contributed by atoms with Gasteiger partial charge in [-0.2, -0.15) is 0 Å². The molecule has 0 saturated carbocycles. The Balaban J connectivity index is 6.88. The van der Waals surface area contributed by atoms with Crippen LogP contribution in [-0.4, -0.2) is 87.1 Å². The molecule has 0 heterocycles. The number of hydrogen-bond acceptors (Lipinski definition) is 7. The van der Waals surface area contributed by atoms with Crippen LogP contribution in [0, 0.1) is 0 Å². The van der Waals surface area contributed by atoms with E-state index in [1.165, 1.54) is 0 Å². The van der Waals surface area contributed by atoms with E-state index in [1.54, 1.807) is 0 Å². The van der Waals surface area contributed by atoms with Gasteiger partial charge in [0.05, 0.1) is 12.7 Å². The number of rotatable bonds is 18. The van der Waals surface area contributed by atoms with Crippen LogP contribution in [0.1, 0.15) is 6.42 Å². The van der Waals surface area contributed by atoms with Gasteiger partial charge >= 0.3 is 0 Å². The van der Waals surface area contributed by atoms with Crippen LogP contribution in [0.5, 0.6) is 0 Å². The average molecular weight is 642 g/mol. The van der Waals surface area contributed by atoms with Crippen molar-refractivity contribution in [2.45, 2.75) is 143 Å². The molecule has 38 heavy (non-hydrogen) atoms. The van der Waals surface area contributed by atoms with Gasteiger partial charge in [0.2, 0.25) is 0 Å². The number of oxime groups is 1. The van der Waals surface area contributed by atoms with Crippen LogP contribution in [0.25, 0.3) is 0 Å². The van der Waals surface area contributed by atoms with Gasteiger partial charge in [-0.15, -0.1) is 5.16 Å². The molecule has 0 radical (unpaired) electrons. The zero-order valence-corrected chi connectivity index (χ0v) is 34.3. The summed E-state index contributed by atoms with van der Waals surface area (Å²) in [4.78, 5) is 0. The molecule has 0 aliphatic heterocycles. The molecule has 0 aromatic rings. The van der Waals surface area contributed by atoms with Crippen molar-refractivity contribution in [3.63, 3.8) is 0 Å². The van der Waals surface area contributed by atoms with Crippen LogP contribution in [0.3, 0.4) is 0 Å². The lowest BCUT2D eigenvalue weighted by Gasteiger charge is -2.42. The van der Waals surface area contributed by atoms with Crippen molar-refractivity contribution in [2.75, 3.05) is 13.2 Å². The highest BCUT2D eigenvalue weighted by Crippen LogP contribution is 2.27. The van der Waals surface area contributed by atoms with Gasteiger partial charge in [-0.25, -0.2) is 0 Å². The van der Waals surface area contributed by atoms with Gasteiger partial charge in [0, 0.05) is 6.61 Å². The van der Waals surface area contributed by atoms with Crippen molar-refractivity contribution in [2.24, 2.45) is 5.16 Å².